The standard InChI is InChI=1S/C16H24N2O3/c1-5-12-9-7-8-11(3)13(12)18-15(21)17-10-16(4,6-2)14(19)20/h7-9H,5-6,10H2,1-4H3,(H,19,20)(H2,17,18,21). The van der Waals surface area contributed by atoms with E-state index in [4.69, 9.17) is 0 Å². The van der Waals surface area contributed by atoms with Crippen molar-refractivity contribution < 1.29 is 14.7 Å². The number of benzene rings is 1. The molecule has 1 atom stereocenters. The van der Waals surface area contributed by atoms with E-state index >= 15 is 0 Å². The van der Waals surface area contributed by atoms with Gasteiger partial charge >= 0.3 is 12.0 Å². The van der Waals surface area contributed by atoms with Crippen molar-refractivity contribution in [3.63, 3.8) is 0 Å². The molecule has 0 aliphatic carbocycles. The van der Waals surface area contributed by atoms with Crippen LogP contribution in [0.25, 0.3) is 0 Å². The number of urea groups is 1. The van der Waals surface area contributed by atoms with Gasteiger partial charge in [-0.1, -0.05) is 32.0 Å². The normalized spacial score (nSPS) is 13.3. The maximum Gasteiger partial charge on any atom is 0.319 e. The molecule has 0 saturated heterocycles. The van der Waals surface area contributed by atoms with E-state index in [1.807, 2.05) is 32.0 Å². The molecule has 2 amide bonds. The first kappa shape index (κ1) is 17.0. The molecule has 1 rings (SSSR count). The third-order valence-electron chi connectivity index (χ3n) is 3.91. The fourth-order valence-electron chi connectivity index (χ4n) is 1.99. The zero-order valence-electron chi connectivity index (χ0n) is 13.1. The molecule has 3 N–H and O–H groups in total. The zero-order valence-corrected chi connectivity index (χ0v) is 13.1. The molecule has 0 radical (unpaired) electrons. The summed E-state index contributed by atoms with van der Waals surface area (Å²) in [5, 5.41) is 14.7. The molecule has 5 heteroatoms. The Kier molecular flexibility index (Phi) is 5.76. The fraction of sp³-hybridized carbons (Fsp3) is 0.500. The van der Waals surface area contributed by atoms with E-state index in [0.717, 1.165) is 23.2 Å². The van der Waals surface area contributed by atoms with Crippen molar-refractivity contribution in [1.29, 1.82) is 0 Å². The molecule has 5 nitrogen and oxygen atoms in total. The van der Waals surface area contributed by atoms with Crippen LogP contribution in [0.1, 0.15) is 38.3 Å². The first-order valence-corrected chi connectivity index (χ1v) is 7.20. The molecule has 0 heterocycles. The lowest BCUT2D eigenvalue weighted by atomic mass is 9.88. The minimum Gasteiger partial charge on any atom is -0.481 e. The van der Waals surface area contributed by atoms with Gasteiger partial charge in [-0.05, 0) is 37.8 Å². The van der Waals surface area contributed by atoms with E-state index in [1.165, 1.54) is 0 Å². The number of aliphatic carboxylic acids is 1. The molecule has 116 valence electrons. The molecular weight excluding hydrogens is 268 g/mol. The van der Waals surface area contributed by atoms with Crippen LogP contribution in [-0.2, 0) is 11.2 Å². The van der Waals surface area contributed by atoms with Crippen LogP contribution in [0.3, 0.4) is 0 Å². The van der Waals surface area contributed by atoms with Gasteiger partial charge < -0.3 is 15.7 Å². The Morgan fingerprint density at radius 1 is 1.29 bits per heavy atom. The maximum atomic E-state index is 12.0. The van der Waals surface area contributed by atoms with Crippen LogP contribution >= 0.6 is 0 Å². The van der Waals surface area contributed by atoms with Crippen molar-refractivity contribution in [2.75, 3.05) is 11.9 Å². The van der Waals surface area contributed by atoms with Gasteiger partial charge in [0.05, 0.1) is 5.41 Å². The summed E-state index contributed by atoms with van der Waals surface area (Å²) >= 11 is 0. The van der Waals surface area contributed by atoms with Gasteiger partial charge in [-0.2, -0.15) is 0 Å². The molecule has 0 aliphatic rings. The molecule has 1 aromatic carbocycles. The predicted molar refractivity (Wildman–Crippen MR) is 83.6 cm³/mol. The number of carbonyl (C=O) groups is 2. The summed E-state index contributed by atoms with van der Waals surface area (Å²) in [6, 6.07) is 5.48. The Morgan fingerprint density at radius 3 is 2.48 bits per heavy atom. The number of anilines is 1. The topological polar surface area (TPSA) is 78.4 Å². The van der Waals surface area contributed by atoms with E-state index in [-0.39, 0.29) is 12.6 Å². The number of para-hydroxylation sites is 1. The van der Waals surface area contributed by atoms with Crippen molar-refractivity contribution in [3.05, 3.63) is 29.3 Å². The Labute approximate surface area is 125 Å². The lowest BCUT2D eigenvalue weighted by molar-refractivity contribution is -0.147. The summed E-state index contributed by atoms with van der Waals surface area (Å²) < 4.78 is 0. The van der Waals surface area contributed by atoms with Crippen LogP contribution < -0.4 is 10.6 Å². The van der Waals surface area contributed by atoms with Crippen LogP contribution in [0.15, 0.2) is 18.2 Å². The van der Waals surface area contributed by atoms with E-state index in [2.05, 4.69) is 10.6 Å². The van der Waals surface area contributed by atoms with E-state index in [9.17, 15) is 14.7 Å². The molecule has 1 unspecified atom stereocenters. The summed E-state index contributed by atoms with van der Waals surface area (Å²) in [4.78, 5) is 23.2. The number of carboxylic acid groups (broad SMARTS) is 1. The first-order valence-electron chi connectivity index (χ1n) is 7.20. The number of nitrogens with one attached hydrogen (secondary N) is 2. The molecule has 0 bridgehead atoms. The summed E-state index contributed by atoms with van der Waals surface area (Å²) in [6.07, 6.45) is 1.27. The Hall–Kier alpha value is -2.04. The van der Waals surface area contributed by atoms with Crippen LogP contribution in [0.4, 0.5) is 10.5 Å². The fourth-order valence-corrected chi connectivity index (χ4v) is 1.99. The zero-order chi connectivity index (χ0) is 16.0. The molecular formula is C16H24N2O3. The average Bonchev–Trinajstić information content (AvgIpc) is 2.46. The molecule has 0 aliphatic heterocycles. The summed E-state index contributed by atoms with van der Waals surface area (Å²) in [7, 11) is 0. The van der Waals surface area contributed by atoms with Gasteiger partial charge in [0.2, 0.25) is 0 Å². The number of rotatable bonds is 6. The predicted octanol–water partition coefficient (Wildman–Crippen LogP) is 3.18. The number of amides is 2. The van der Waals surface area contributed by atoms with Crippen molar-refractivity contribution in [2.24, 2.45) is 5.41 Å². The van der Waals surface area contributed by atoms with Gasteiger partial charge in [0, 0.05) is 12.2 Å². The highest BCUT2D eigenvalue weighted by molar-refractivity contribution is 5.91. The monoisotopic (exact) mass is 292 g/mol. The van der Waals surface area contributed by atoms with Gasteiger partial charge in [0.15, 0.2) is 0 Å². The van der Waals surface area contributed by atoms with E-state index < -0.39 is 11.4 Å². The molecule has 0 saturated carbocycles. The lowest BCUT2D eigenvalue weighted by Crippen LogP contribution is -2.42. The Morgan fingerprint density at radius 2 is 1.95 bits per heavy atom. The van der Waals surface area contributed by atoms with Gasteiger partial charge in [-0.25, -0.2) is 4.79 Å². The van der Waals surface area contributed by atoms with Gasteiger partial charge in [0.25, 0.3) is 0 Å². The average molecular weight is 292 g/mol. The number of carbonyl (C=O) groups excluding carboxylic acids is 1. The quantitative estimate of drug-likeness (QED) is 0.753. The van der Waals surface area contributed by atoms with Crippen molar-refractivity contribution in [2.45, 2.75) is 40.5 Å². The largest absolute Gasteiger partial charge is 0.481 e. The maximum absolute atomic E-state index is 12.0. The van der Waals surface area contributed by atoms with Crippen LogP contribution in [0.2, 0.25) is 0 Å². The van der Waals surface area contributed by atoms with Gasteiger partial charge in [-0.3, -0.25) is 4.79 Å². The highest BCUT2D eigenvalue weighted by atomic mass is 16.4. The molecule has 21 heavy (non-hydrogen) atoms. The van der Waals surface area contributed by atoms with E-state index in [1.54, 1.807) is 13.8 Å². The van der Waals surface area contributed by atoms with E-state index in [0.29, 0.717) is 6.42 Å². The second-order valence-corrected chi connectivity index (χ2v) is 5.49. The highest BCUT2D eigenvalue weighted by Gasteiger charge is 2.31. The van der Waals surface area contributed by atoms with Crippen LogP contribution in [0, 0.1) is 12.3 Å². The SMILES string of the molecule is CCc1cccc(C)c1NC(=O)NCC(C)(CC)C(=O)O. The first-order chi connectivity index (χ1) is 9.84. The Balaban J connectivity index is 2.73. The molecule has 0 fully saturated rings. The van der Waals surface area contributed by atoms with Gasteiger partial charge in [-0.15, -0.1) is 0 Å². The Bertz CT molecular complexity index is 528. The second-order valence-electron chi connectivity index (χ2n) is 5.49. The third-order valence-corrected chi connectivity index (χ3v) is 3.91. The molecule has 0 spiro atoms. The van der Waals surface area contributed by atoms with Crippen LogP contribution in [0.5, 0.6) is 0 Å². The van der Waals surface area contributed by atoms with Crippen molar-refractivity contribution >= 4 is 17.7 Å². The number of hydrogen-bond donors (Lipinski definition) is 3. The molecule has 0 aromatic heterocycles. The summed E-state index contributed by atoms with van der Waals surface area (Å²) in [5.74, 6) is -0.907. The van der Waals surface area contributed by atoms with Crippen molar-refractivity contribution in [1.82, 2.24) is 5.32 Å². The lowest BCUT2D eigenvalue weighted by Gasteiger charge is -2.23. The molecule has 1 aromatic rings. The number of carboxylic acids is 1. The minimum absolute atomic E-state index is 0.0952. The summed E-state index contributed by atoms with van der Waals surface area (Å²) in [5.41, 5.74) is 1.89. The number of aryl methyl sites for hydroxylation is 2. The number of hydrogen-bond acceptors (Lipinski definition) is 2. The second kappa shape index (κ2) is 7.11. The van der Waals surface area contributed by atoms with Gasteiger partial charge in [0.1, 0.15) is 0 Å². The minimum atomic E-state index is -0.948. The van der Waals surface area contributed by atoms with Crippen molar-refractivity contribution in [3.8, 4) is 0 Å². The summed E-state index contributed by atoms with van der Waals surface area (Å²) in [6.45, 7) is 7.47. The third kappa shape index (κ3) is 4.21. The smallest absolute Gasteiger partial charge is 0.319 e. The van der Waals surface area contributed by atoms with Crippen LogP contribution in [-0.4, -0.2) is 23.7 Å². The highest BCUT2D eigenvalue weighted by Crippen LogP contribution is 2.22.